The summed E-state index contributed by atoms with van der Waals surface area (Å²) in [5, 5.41) is 2.43. The van der Waals surface area contributed by atoms with Gasteiger partial charge < -0.3 is 9.88 Å². The molecule has 0 radical (unpaired) electrons. The van der Waals surface area contributed by atoms with E-state index in [0.29, 0.717) is 0 Å². The second-order valence-electron chi connectivity index (χ2n) is 4.20. The van der Waals surface area contributed by atoms with Gasteiger partial charge in [0.1, 0.15) is 12.4 Å². The zero-order chi connectivity index (χ0) is 13.8. The molecule has 0 saturated heterocycles. The number of halogens is 1. The van der Waals surface area contributed by atoms with E-state index in [9.17, 15) is 14.0 Å². The number of carbonyl (C=O) groups excluding carboxylic acids is 1. The number of anilines is 1. The molecule has 98 valence electrons. The third-order valence-electron chi connectivity index (χ3n) is 2.59. The van der Waals surface area contributed by atoms with Gasteiger partial charge in [-0.3, -0.25) is 9.59 Å². The number of benzene rings is 1. The van der Waals surface area contributed by atoms with Gasteiger partial charge in [-0.15, -0.1) is 0 Å². The Bertz CT molecular complexity index is 664. The van der Waals surface area contributed by atoms with E-state index in [-0.39, 0.29) is 17.8 Å². The van der Waals surface area contributed by atoms with E-state index in [1.807, 2.05) is 6.92 Å². The zero-order valence-electron chi connectivity index (χ0n) is 10.4. The Hall–Kier alpha value is -2.43. The Kier molecular flexibility index (Phi) is 3.75. The van der Waals surface area contributed by atoms with E-state index in [0.717, 1.165) is 5.56 Å². The number of hydrogen-bond acceptors (Lipinski definition) is 2. The molecule has 1 heterocycles. The van der Waals surface area contributed by atoms with Gasteiger partial charge in [-0.2, -0.15) is 0 Å². The predicted octanol–water partition coefficient (Wildman–Crippen LogP) is 1.93. The van der Waals surface area contributed by atoms with Gasteiger partial charge in [0.25, 0.3) is 5.56 Å². The third kappa shape index (κ3) is 3.28. The number of hydrogen-bond donors (Lipinski definition) is 1. The van der Waals surface area contributed by atoms with Gasteiger partial charge in [-0.1, -0.05) is 18.2 Å². The van der Waals surface area contributed by atoms with Crippen LogP contribution in [0.4, 0.5) is 10.1 Å². The Labute approximate surface area is 109 Å². The summed E-state index contributed by atoms with van der Waals surface area (Å²) in [6.45, 7) is 1.68. The number of rotatable bonds is 3. The molecule has 0 aliphatic carbocycles. The van der Waals surface area contributed by atoms with Gasteiger partial charge in [0.05, 0.1) is 5.69 Å². The summed E-state index contributed by atoms with van der Waals surface area (Å²) in [5.41, 5.74) is 0.709. The Morgan fingerprint density at radius 2 is 2.00 bits per heavy atom. The van der Waals surface area contributed by atoms with Crippen LogP contribution < -0.4 is 10.9 Å². The van der Waals surface area contributed by atoms with Crippen molar-refractivity contribution in [2.45, 2.75) is 13.5 Å². The van der Waals surface area contributed by atoms with Gasteiger partial charge >= 0.3 is 0 Å². The molecule has 19 heavy (non-hydrogen) atoms. The minimum absolute atomic E-state index is 0.105. The van der Waals surface area contributed by atoms with Crippen molar-refractivity contribution < 1.29 is 9.18 Å². The lowest BCUT2D eigenvalue weighted by molar-refractivity contribution is -0.116. The molecule has 0 spiro atoms. The summed E-state index contributed by atoms with van der Waals surface area (Å²) in [5.74, 6) is -0.953. The van der Waals surface area contributed by atoms with E-state index < -0.39 is 11.7 Å². The molecule has 1 aromatic carbocycles. The minimum Gasteiger partial charge on any atom is -0.322 e. The quantitative estimate of drug-likeness (QED) is 0.916. The fourth-order valence-corrected chi connectivity index (χ4v) is 1.68. The summed E-state index contributed by atoms with van der Waals surface area (Å²) in [7, 11) is 0. The molecule has 4 nitrogen and oxygen atoms in total. The summed E-state index contributed by atoms with van der Waals surface area (Å²) in [4.78, 5) is 23.3. The number of pyridine rings is 1. The van der Waals surface area contributed by atoms with Crippen LogP contribution in [0.2, 0.25) is 0 Å². The first-order valence-electron chi connectivity index (χ1n) is 5.78. The van der Waals surface area contributed by atoms with Crippen LogP contribution in [0, 0.1) is 12.7 Å². The smallest absolute Gasteiger partial charge is 0.251 e. The van der Waals surface area contributed by atoms with E-state index in [1.54, 1.807) is 18.3 Å². The molecule has 0 saturated carbocycles. The molecule has 0 fully saturated rings. The Balaban J connectivity index is 2.12. The molecule has 0 atom stereocenters. The number of aromatic nitrogens is 1. The highest BCUT2D eigenvalue weighted by Crippen LogP contribution is 2.12. The van der Waals surface area contributed by atoms with Crippen molar-refractivity contribution in [3.05, 3.63) is 64.3 Å². The van der Waals surface area contributed by atoms with Crippen molar-refractivity contribution in [3.63, 3.8) is 0 Å². The lowest BCUT2D eigenvalue weighted by Crippen LogP contribution is -2.27. The molecular weight excluding hydrogens is 247 g/mol. The predicted molar refractivity (Wildman–Crippen MR) is 70.5 cm³/mol. The van der Waals surface area contributed by atoms with Gasteiger partial charge in [0, 0.05) is 12.3 Å². The van der Waals surface area contributed by atoms with Crippen LogP contribution in [0.3, 0.4) is 0 Å². The van der Waals surface area contributed by atoms with E-state index >= 15 is 0 Å². The first-order chi connectivity index (χ1) is 9.06. The third-order valence-corrected chi connectivity index (χ3v) is 2.59. The van der Waals surface area contributed by atoms with E-state index in [1.165, 1.54) is 28.8 Å². The second-order valence-corrected chi connectivity index (χ2v) is 4.20. The first-order valence-corrected chi connectivity index (χ1v) is 5.78. The molecule has 0 unspecified atom stereocenters. The number of aryl methyl sites for hydroxylation is 1. The topological polar surface area (TPSA) is 51.1 Å². The number of para-hydroxylation sites is 1. The monoisotopic (exact) mass is 260 g/mol. The summed E-state index contributed by atoms with van der Waals surface area (Å²) in [6.07, 6.45) is 1.59. The maximum atomic E-state index is 13.3. The van der Waals surface area contributed by atoms with Gasteiger partial charge in [0.15, 0.2) is 0 Å². The fraction of sp³-hybridized carbons (Fsp3) is 0.143. The van der Waals surface area contributed by atoms with Crippen molar-refractivity contribution in [2.24, 2.45) is 0 Å². The van der Waals surface area contributed by atoms with Gasteiger partial charge in [-0.05, 0) is 24.6 Å². The number of amides is 1. The molecule has 1 amide bonds. The van der Waals surface area contributed by atoms with Crippen molar-refractivity contribution in [1.29, 1.82) is 0 Å². The van der Waals surface area contributed by atoms with Crippen molar-refractivity contribution in [1.82, 2.24) is 4.57 Å². The SMILES string of the molecule is Cc1ccc(=O)n(CC(=O)Nc2ccccc2F)c1. The normalized spacial score (nSPS) is 10.2. The zero-order valence-corrected chi connectivity index (χ0v) is 10.4. The van der Waals surface area contributed by atoms with Gasteiger partial charge in [0.2, 0.25) is 5.91 Å². The minimum atomic E-state index is -0.507. The highest BCUT2D eigenvalue weighted by atomic mass is 19.1. The van der Waals surface area contributed by atoms with Crippen molar-refractivity contribution >= 4 is 11.6 Å². The van der Waals surface area contributed by atoms with Crippen LogP contribution in [-0.4, -0.2) is 10.5 Å². The maximum Gasteiger partial charge on any atom is 0.251 e. The lowest BCUT2D eigenvalue weighted by atomic mass is 10.3. The van der Waals surface area contributed by atoms with Crippen LogP contribution in [0.25, 0.3) is 0 Å². The lowest BCUT2D eigenvalue weighted by Gasteiger charge is -2.08. The molecular formula is C14H13FN2O2. The van der Waals surface area contributed by atoms with E-state index in [4.69, 9.17) is 0 Å². The molecule has 1 N–H and O–H groups in total. The molecule has 5 heteroatoms. The maximum absolute atomic E-state index is 13.3. The van der Waals surface area contributed by atoms with Crippen LogP contribution >= 0.6 is 0 Å². The number of nitrogens with zero attached hydrogens (tertiary/aromatic N) is 1. The molecule has 2 rings (SSSR count). The standard InChI is InChI=1S/C14H13FN2O2/c1-10-6-7-14(19)17(8-10)9-13(18)16-12-5-3-2-4-11(12)15/h2-8H,9H2,1H3,(H,16,18). The number of nitrogens with one attached hydrogen (secondary N) is 1. The average Bonchev–Trinajstić information content (AvgIpc) is 2.37. The molecule has 0 aliphatic heterocycles. The van der Waals surface area contributed by atoms with Crippen LogP contribution in [0.5, 0.6) is 0 Å². The highest BCUT2D eigenvalue weighted by Gasteiger charge is 2.07. The first kappa shape index (κ1) is 13.0. The fourth-order valence-electron chi connectivity index (χ4n) is 1.68. The Morgan fingerprint density at radius 3 is 2.74 bits per heavy atom. The van der Waals surface area contributed by atoms with E-state index in [2.05, 4.69) is 5.32 Å². The summed E-state index contributed by atoms with van der Waals surface area (Å²) < 4.78 is 14.6. The largest absolute Gasteiger partial charge is 0.322 e. The highest BCUT2D eigenvalue weighted by molar-refractivity contribution is 5.90. The second kappa shape index (κ2) is 5.48. The van der Waals surface area contributed by atoms with Crippen LogP contribution in [0.15, 0.2) is 47.4 Å². The summed E-state index contributed by atoms with van der Waals surface area (Å²) >= 11 is 0. The molecule has 1 aromatic heterocycles. The van der Waals surface area contributed by atoms with Crippen molar-refractivity contribution in [3.8, 4) is 0 Å². The van der Waals surface area contributed by atoms with Crippen LogP contribution in [0.1, 0.15) is 5.56 Å². The summed E-state index contributed by atoms with van der Waals surface area (Å²) in [6, 6.07) is 8.95. The van der Waals surface area contributed by atoms with Gasteiger partial charge in [-0.25, -0.2) is 4.39 Å². The molecule has 0 aliphatic rings. The average molecular weight is 260 g/mol. The number of carbonyl (C=O) groups is 1. The Morgan fingerprint density at radius 1 is 1.26 bits per heavy atom. The van der Waals surface area contributed by atoms with Crippen LogP contribution in [-0.2, 0) is 11.3 Å². The van der Waals surface area contributed by atoms with Crippen molar-refractivity contribution in [2.75, 3.05) is 5.32 Å². The molecule has 0 bridgehead atoms. The molecule has 2 aromatic rings.